The Bertz CT molecular complexity index is 1160. The van der Waals surface area contributed by atoms with Crippen LogP contribution < -0.4 is 5.32 Å². The van der Waals surface area contributed by atoms with E-state index in [4.69, 9.17) is 10.4 Å². The molecule has 0 atom stereocenters. The second-order valence-electron chi connectivity index (χ2n) is 6.21. The van der Waals surface area contributed by atoms with Crippen LogP contribution in [0.2, 0.25) is 0 Å². The van der Waals surface area contributed by atoms with Crippen molar-refractivity contribution in [2.24, 2.45) is 0 Å². The minimum atomic E-state index is 0.0988. The summed E-state index contributed by atoms with van der Waals surface area (Å²) in [5.41, 5.74) is 4.68. The number of benzene rings is 2. The third-order valence-corrected chi connectivity index (χ3v) is 4.21. The third kappa shape index (κ3) is 3.65. The molecular weight excluding hydrogens is 354 g/mol. The first-order valence-corrected chi connectivity index (χ1v) is 8.78. The number of nitrogens with zero attached hydrogens (tertiary/aromatic N) is 6. The molecule has 0 saturated carbocycles. The van der Waals surface area contributed by atoms with Crippen LogP contribution >= 0.6 is 0 Å². The highest BCUT2D eigenvalue weighted by atomic mass is 16.2. The van der Waals surface area contributed by atoms with E-state index in [0.29, 0.717) is 30.0 Å². The van der Waals surface area contributed by atoms with Gasteiger partial charge >= 0.3 is 0 Å². The fourth-order valence-electron chi connectivity index (χ4n) is 2.91. The zero-order valence-corrected chi connectivity index (χ0v) is 14.9. The largest absolute Gasteiger partial charge is 0.396 e. The summed E-state index contributed by atoms with van der Waals surface area (Å²) in [6, 6.07) is 17.4. The lowest BCUT2D eigenvalue weighted by Gasteiger charge is -2.07. The van der Waals surface area contributed by atoms with Crippen LogP contribution in [0.15, 0.2) is 54.7 Å². The van der Waals surface area contributed by atoms with Crippen molar-refractivity contribution in [2.75, 3.05) is 11.9 Å². The van der Waals surface area contributed by atoms with E-state index in [0.717, 1.165) is 22.5 Å². The second kappa shape index (κ2) is 7.82. The van der Waals surface area contributed by atoms with Gasteiger partial charge in [0.25, 0.3) is 0 Å². The van der Waals surface area contributed by atoms with E-state index in [1.165, 1.54) is 0 Å². The van der Waals surface area contributed by atoms with Gasteiger partial charge in [-0.2, -0.15) is 14.9 Å². The molecule has 138 valence electrons. The van der Waals surface area contributed by atoms with Gasteiger partial charge in [-0.25, -0.2) is 4.98 Å². The number of hydrogen-bond acceptors (Lipinski definition) is 7. The minimum Gasteiger partial charge on any atom is -0.396 e. The van der Waals surface area contributed by atoms with E-state index in [2.05, 4.69) is 31.7 Å². The molecule has 0 spiro atoms. The predicted octanol–water partition coefficient (Wildman–Crippen LogP) is 2.55. The SMILES string of the molecule is N#CCc1cccc(-n2nnc3cnc(Nc4cccc(CCO)c4)nc32)c1. The number of nitriles is 1. The van der Waals surface area contributed by atoms with Gasteiger partial charge in [0.05, 0.1) is 24.4 Å². The molecule has 2 N–H and O–H groups in total. The summed E-state index contributed by atoms with van der Waals surface area (Å²) in [7, 11) is 0. The van der Waals surface area contributed by atoms with Crippen LogP contribution in [0.25, 0.3) is 16.9 Å². The zero-order valence-electron chi connectivity index (χ0n) is 14.9. The minimum absolute atomic E-state index is 0.0988. The van der Waals surface area contributed by atoms with Gasteiger partial charge in [0.2, 0.25) is 5.95 Å². The van der Waals surface area contributed by atoms with E-state index in [1.54, 1.807) is 10.9 Å². The highest BCUT2D eigenvalue weighted by Crippen LogP contribution is 2.19. The Balaban J connectivity index is 1.68. The summed E-state index contributed by atoms with van der Waals surface area (Å²) in [4.78, 5) is 8.86. The van der Waals surface area contributed by atoms with Gasteiger partial charge in [0, 0.05) is 12.3 Å². The smallest absolute Gasteiger partial charge is 0.229 e. The van der Waals surface area contributed by atoms with Crippen molar-refractivity contribution in [1.29, 1.82) is 5.26 Å². The van der Waals surface area contributed by atoms with E-state index in [9.17, 15) is 0 Å². The number of hydrogen-bond donors (Lipinski definition) is 2. The molecule has 0 radical (unpaired) electrons. The lowest BCUT2D eigenvalue weighted by Crippen LogP contribution is -2.02. The highest BCUT2D eigenvalue weighted by Gasteiger charge is 2.11. The summed E-state index contributed by atoms with van der Waals surface area (Å²) in [5.74, 6) is 0.422. The van der Waals surface area contributed by atoms with Gasteiger partial charge < -0.3 is 10.4 Å². The van der Waals surface area contributed by atoms with Crippen molar-refractivity contribution in [3.63, 3.8) is 0 Å². The first-order valence-electron chi connectivity index (χ1n) is 8.78. The fourth-order valence-corrected chi connectivity index (χ4v) is 2.91. The highest BCUT2D eigenvalue weighted by molar-refractivity contribution is 5.73. The molecule has 0 bridgehead atoms. The predicted molar refractivity (Wildman–Crippen MR) is 104 cm³/mol. The van der Waals surface area contributed by atoms with Gasteiger partial charge in [-0.3, -0.25) is 0 Å². The lowest BCUT2D eigenvalue weighted by molar-refractivity contribution is 0.299. The van der Waals surface area contributed by atoms with Gasteiger partial charge in [0.15, 0.2) is 11.2 Å². The maximum absolute atomic E-state index is 9.11. The van der Waals surface area contributed by atoms with Crippen LogP contribution in [0.1, 0.15) is 11.1 Å². The Kier molecular flexibility index (Phi) is 4.91. The summed E-state index contributed by atoms with van der Waals surface area (Å²) in [6.07, 6.45) is 2.53. The molecule has 2 heterocycles. The Hall–Kier alpha value is -3.83. The maximum Gasteiger partial charge on any atom is 0.229 e. The molecule has 0 saturated heterocycles. The Morgan fingerprint density at radius 1 is 1.11 bits per heavy atom. The average Bonchev–Trinajstić information content (AvgIpc) is 3.12. The molecular formula is C20H17N7O. The van der Waals surface area contributed by atoms with Crippen LogP contribution in [0.5, 0.6) is 0 Å². The summed E-state index contributed by atoms with van der Waals surface area (Å²) < 4.78 is 1.63. The van der Waals surface area contributed by atoms with Crippen LogP contribution in [-0.2, 0) is 12.8 Å². The molecule has 2 aromatic heterocycles. The van der Waals surface area contributed by atoms with Crippen LogP contribution in [0, 0.1) is 11.3 Å². The number of fused-ring (bicyclic) bond motifs is 1. The summed E-state index contributed by atoms with van der Waals surface area (Å²) >= 11 is 0. The molecule has 0 amide bonds. The molecule has 0 unspecified atom stereocenters. The Morgan fingerprint density at radius 3 is 2.82 bits per heavy atom. The van der Waals surface area contributed by atoms with Gasteiger partial charge in [-0.05, 0) is 41.8 Å². The molecule has 4 aromatic rings. The number of aromatic nitrogens is 5. The van der Waals surface area contributed by atoms with Crippen LogP contribution in [-0.4, -0.2) is 36.7 Å². The van der Waals surface area contributed by atoms with Crippen molar-refractivity contribution in [3.05, 3.63) is 65.9 Å². The molecule has 0 aliphatic rings. The van der Waals surface area contributed by atoms with Crippen LogP contribution in [0.3, 0.4) is 0 Å². The van der Waals surface area contributed by atoms with Crippen molar-refractivity contribution in [3.8, 4) is 11.8 Å². The van der Waals surface area contributed by atoms with Crippen molar-refractivity contribution in [1.82, 2.24) is 25.0 Å². The second-order valence-corrected chi connectivity index (χ2v) is 6.21. The number of anilines is 2. The van der Waals surface area contributed by atoms with Gasteiger partial charge in [-0.15, -0.1) is 5.10 Å². The Morgan fingerprint density at radius 2 is 1.96 bits per heavy atom. The van der Waals surface area contributed by atoms with E-state index < -0.39 is 0 Å². The van der Waals surface area contributed by atoms with Crippen molar-refractivity contribution < 1.29 is 5.11 Å². The van der Waals surface area contributed by atoms with Gasteiger partial charge in [0.1, 0.15) is 0 Å². The first-order chi connectivity index (χ1) is 13.8. The molecule has 8 nitrogen and oxygen atoms in total. The quantitative estimate of drug-likeness (QED) is 0.535. The topological polar surface area (TPSA) is 113 Å². The molecule has 0 aliphatic carbocycles. The maximum atomic E-state index is 9.11. The normalized spacial score (nSPS) is 10.7. The number of nitrogens with one attached hydrogen (secondary N) is 1. The summed E-state index contributed by atoms with van der Waals surface area (Å²) in [5, 5.41) is 29.5. The number of aliphatic hydroxyl groups excluding tert-OH is 1. The Labute approximate surface area is 161 Å². The molecule has 2 aromatic carbocycles. The van der Waals surface area contributed by atoms with E-state index in [1.807, 2.05) is 48.5 Å². The monoisotopic (exact) mass is 371 g/mol. The lowest BCUT2D eigenvalue weighted by atomic mass is 10.1. The molecule has 4 rings (SSSR count). The van der Waals surface area contributed by atoms with E-state index in [-0.39, 0.29) is 6.61 Å². The van der Waals surface area contributed by atoms with Crippen LogP contribution in [0.4, 0.5) is 11.6 Å². The molecule has 0 fully saturated rings. The van der Waals surface area contributed by atoms with Crippen molar-refractivity contribution >= 4 is 22.8 Å². The van der Waals surface area contributed by atoms with E-state index >= 15 is 0 Å². The fraction of sp³-hybridized carbons (Fsp3) is 0.150. The zero-order chi connectivity index (χ0) is 19.3. The first kappa shape index (κ1) is 17.6. The number of aliphatic hydroxyl groups is 1. The van der Waals surface area contributed by atoms with Crippen molar-refractivity contribution in [2.45, 2.75) is 12.8 Å². The van der Waals surface area contributed by atoms with Gasteiger partial charge in [-0.1, -0.05) is 29.5 Å². The third-order valence-electron chi connectivity index (χ3n) is 4.21. The molecule has 8 heteroatoms. The summed E-state index contributed by atoms with van der Waals surface area (Å²) in [6.45, 7) is 0.0988. The standard InChI is InChI=1S/C20H17N7O/c21-9-7-14-4-2-6-17(12-14)27-19-18(25-26-27)13-22-20(24-19)23-16-5-1-3-15(11-16)8-10-28/h1-6,11-13,28H,7-8,10H2,(H,22,23,24). The number of rotatable bonds is 6. The average molecular weight is 371 g/mol. The molecule has 28 heavy (non-hydrogen) atoms. The molecule has 0 aliphatic heterocycles.